The van der Waals surface area contributed by atoms with E-state index in [1.165, 1.54) is 22.3 Å². The van der Waals surface area contributed by atoms with E-state index in [1.807, 2.05) is 48.7 Å². The van der Waals surface area contributed by atoms with E-state index in [2.05, 4.69) is 4.99 Å². The van der Waals surface area contributed by atoms with Crippen molar-refractivity contribution in [2.75, 3.05) is 4.90 Å². The number of anilines is 1. The van der Waals surface area contributed by atoms with Crippen molar-refractivity contribution in [1.82, 2.24) is 4.57 Å². The number of halogens is 2. The monoisotopic (exact) mass is 501 g/mol. The first-order valence-corrected chi connectivity index (χ1v) is 12.5. The van der Waals surface area contributed by atoms with Gasteiger partial charge in [-0.3, -0.25) is 9.59 Å². The van der Waals surface area contributed by atoms with Gasteiger partial charge in [-0.25, -0.2) is 0 Å². The Morgan fingerprint density at radius 2 is 1.82 bits per heavy atom. The molecule has 0 saturated carbocycles. The van der Waals surface area contributed by atoms with Crippen LogP contribution in [-0.2, 0) is 24.2 Å². The number of carbonyl (C=O) groups is 2. The number of para-hydroxylation sites is 1. The third-order valence-corrected chi connectivity index (χ3v) is 7.36. The Kier molecular flexibility index (Phi) is 7.37. The highest BCUT2D eigenvalue weighted by molar-refractivity contribution is 7.09. The summed E-state index contributed by atoms with van der Waals surface area (Å²) in [5, 5.41) is 0.716. The lowest BCUT2D eigenvalue weighted by Crippen LogP contribution is -2.41. The third-order valence-electron chi connectivity index (χ3n) is 5.63. The molecule has 0 atom stereocenters. The summed E-state index contributed by atoms with van der Waals surface area (Å²) in [4.78, 5) is 34.4. The number of aromatic nitrogens is 1. The van der Waals surface area contributed by atoms with Gasteiger partial charge in [-0.15, -0.1) is 11.3 Å². The van der Waals surface area contributed by atoms with Crippen LogP contribution in [0.15, 0.2) is 53.5 Å². The molecule has 33 heavy (non-hydrogen) atoms. The average Bonchev–Trinajstić information content (AvgIpc) is 3.11. The van der Waals surface area contributed by atoms with Gasteiger partial charge in [0.15, 0.2) is 4.80 Å². The number of hydrogen-bond donors (Lipinski definition) is 0. The van der Waals surface area contributed by atoms with Gasteiger partial charge in [-0.05, 0) is 69.9 Å². The Bertz CT molecular complexity index is 1250. The second-order valence-corrected chi connectivity index (χ2v) is 10.2. The van der Waals surface area contributed by atoms with Crippen LogP contribution in [0.5, 0.6) is 0 Å². The van der Waals surface area contributed by atoms with Gasteiger partial charge in [0.1, 0.15) is 6.54 Å². The van der Waals surface area contributed by atoms with Gasteiger partial charge in [-0.1, -0.05) is 41.4 Å². The number of benzene rings is 2. The van der Waals surface area contributed by atoms with Gasteiger partial charge in [0, 0.05) is 27.3 Å². The Morgan fingerprint density at radius 1 is 1.09 bits per heavy atom. The number of amides is 2. The summed E-state index contributed by atoms with van der Waals surface area (Å²) >= 11 is 13.7. The van der Waals surface area contributed by atoms with E-state index in [4.69, 9.17) is 23.2 Å². The van der Waals surface area contributed by atoms with Crippen LogP contribution in [0.3, 0.4) is 0 Å². The number of aryl methyl sites for hydroxylation is 1. The number of thiazole rings is 1. The maximum Gasteiger partial charge on any atom is 0.281 e. The molecular weight excluding hydrogens is 477 g/mol. The lowest BCUT2D eigenvalue weighted by Gasteiger charge is -2.27. The molecule has 0 radical (unpaired) electrons. The summed E-state index contributed by atoms with van der Waals surface area (Å²) in [6.45, 7) is 4.12. The van der Waals surface area contributed by atoms with Crippen LogP contribution >= 0.6 is 34.5 Å². The minimum Gasteiger partial charge on any atom is -0.311 e. The molecule has 1 aromatic heterocycles. The van der Waals surface area contributed by atoms with Gasteiger partial charge >= 0.3 is 0 Å². The number of hydrogen-bond acceptors (Lipinski definition) is 3. The van der Waals surface area contributed by atoms with E-state index in [-0.39, 0.29) is 23.5 Å². The lowest BCUT2D eigenvalue weighted by molar-refractivity contribution is -0.119. The van der Waals surface area contributed by atoms with Crippen molar-refractivity contribution in [1.29, 1.82) is 0 Å². The molecule has 0 bridgehead atoms. The number of carbonyl (C=O) groups excluding carboxylic acids is 2. The summed E-state index contributed by atoms with van der Waals surface area (Å²) in [5.41, 5.74) is 2.24. The van der Waals surface area contributed by atoms with Crippen molar-refractivity contribution in [3.8, 4) is 0 Å². The third kappa shape index (κ3) is 5.24. The maximum absolute atomic E-state index is 13.5. The number of fused-ring (bicyclic) bond motifs is 1. The van der Waals surface area contributed by atoms with Crippen molar-refractivity contribution < 1.29 is 9.59 Å². The molecule has 3 aromatic rings. The Balaban J connectivity index is 1.73. The minimum absolute atomic E-state index is 0.00939. The molecule has 172 valence electrons. The van der Waals surface area contributed by atoms with E-state index < -0.39 is 5.91 Å². The topological polar surface area (TPSA) is 54.7 Å². The normalized spacial score (nSPS) is 13.8. The largest absolute Gasteiger partial charge is 0.311 e. The Hall–Kier alpha value is -2.41. The Morgan fingerprint density at radius 3 is 2.52 bits per heavy atom. The van der Waals surface area contributed by atoms with Crippen LogP contribution in [0.4, 0.5) is 5.69 Å². The first-order valence-electron chi connectivity index (χ1n) is 11.0. The summed E-state index contributed by atoms with van der Waals surface area (Å²) in [7, 11) is 0. The molecule has 0 aliphatic heterocycles. The fourth-order valence-electron chi connectivity index (χ4n) is 4.12. The highest BCUT2D eigenvalue weighted by Crippen LogP contribution is 2.25. The highest BCUT2D eigenvalue weighted by atomic mass is 35.5. The van der Waals surface area contributed by atoms with Crippen molar-refractivity contribution in [3.05, 3.63) is 79.5 Å². The van der Waals surface area contributed by atoms with Crippen LogP contribution in [0.2, 0.25) is 10.0 Å². The summed E-state index contributed by atoms with van der Waals surface area (Å²) in [5.74, 6) is -0.485. The van der Waals surface area contributed by atoms with Crippen LogP contribution in [0.25, 0.3) is 0 Å². The zero-order chi connectivity index (χ0) is 23.5. The lowest BCUT2D eigenvalue weighted by atomic mass is 10.0. The molecular formula is C25H25Cl2N3O2S. The molecule has 2 aromatic carbocycles. The zero-order valence-electron chi connectivity index (χ0n) is 18.6. The molecule has 0 saturated heterocycles. The molecule has 1 aliphatic carbocycles. The van der Waals surface area contributed by atoms with Crippen LogP contribution in [0, 0.1) is 0 Å². The average molecular weight is 502 g/mol. The molecule has 1 aliphatic rings. The van der Waals surface area contributed by atoms with Crippen LogP contribution in [-0.4, -0.2) is 22.4 Å². The molecule has 8 heteroatoms. The fraction of sp³-hybridized carbons (Fsp3) is 0.320. The predicted molar refractivity (Wildman–Crippen MR) is 134 cm³/mol. The molecule has 0 unspecified atom stereocenters. The van der Waals surface area contributed by atoms with Crippen molar-refractivity contribution in [3.63, 3.8) is 0 Å². The second kappa shape index (κ2) is 10.2. The number of rotatable bonds is 5. The predicted octanol–water partition coefficient (Wildman–Crippen LogP) is 5.92. The minimum atomic E-state index is -0.444. The fourth-order valence-corrected chi connectivity index (χ4v) is 5.82. The van der Waals surface area contributed by atoms with Gasteiger partial charge in [0.2, 0.25) is 5.91 Å². The van der Waals surface area contributed by atoms with Gasteiger partial charge in [0.25, 0.3) is 5.91 Å². The standard InChI is InChI=1S/C25H25Cl2N3O2S/c1-16(2)30(18-8-4-3-5-9-18)23(31)15-29-21-10-6-7-11-22(21)33-25(29)28-24(32)19-13-12-17(26)14-20(19)27/h3-5,8-9,12-14,16H,6-7,10-11,15H2,1-2H3. The molecule has 1 heterocycles. The van der Waals surface area contributed by atoms with Crippen molar-refractivity contribution >= 4 is 52.0 Å². The van der Waals surface area contributed by atoms with E-state index in [0.717, 1.165) is 37.1 Å². The molecule has 4 rings (SSSR count). The van der Waals surface area contributed by atoms with Crippen molar-refractivity contribution in [2.24, 2.45) is 4.99 Å². The quantitative estimate of drug-likeness (QED) is 0.435. The maximum atomic E-state index is 13.5. The summed E-state index contributed by atoms with van der Waals surface area (Å²) < 4.78 is 1.92. The number of nitrogens with zero attached hydrogens (tertiary/aromatic N) is 3. The van der Waals surface area contributed by atoms with E-state index >= 15 is 0 Å². The first kappa shape index (κ1) is 23.7. The SMILES string of the molecule is CC(C)N(C(=O)Cn1c2c(sc1=NC(=O)c1ccc(Cl)cc1Cl)CCCC2)c1ccccc1. The summed E-state index contributed by atoms with van der Waals surface area (Å²) in [6, 6.07) is 14.4. The molecule has 0 fully saturated rings. The molecule has 0 spiro atoms. The highest BCUT2D eigenvalue weighted by Gasteiger charge is 2.24. The molecule has 5 nitrogen and oxygen atoms in total. The second-order valence-electron chi connectivity index (χ2n) is 8.28. The summed E-state index contributed by atoms with van der Waals surface area (Å²) in [6.07, 6.45) is 3.96. The van der Waals surface area contributed by atoms with Crippen molar-refractivity contribution in [2.45, 2.75) is 52.1 Å². The smallest absolute Gasteiger partial charge is 0.281 e. The van der Waals surface area contributed by atoms with E-state index in [9.17, 15) is 9.59 Å². The Labute approximate surface area is 207 Å². The molecule has 2 amide bonds. The van der Waals surface area contributed by atoms with Gasteiger partial charge in [-0.2, -0.15) is 4.99 Å². The zero-order valence-corrected chi connectivity index (χ0v) is 20.9. The van der Waals surface area contributed by atoms with E-state index in [0.29, 0.717) is 15.4 Å². The van der Waals surface area contributed by atoms with Gasteiger partial charge in [0.05, 0.1) is 10.6 Å². The van der Waals surface area contributed by atoms with E-state index in [1.54, 1.807) is 17.0 Å². The van der Waals surface area contributed by atoms with Crippen LogP contribution in [0.1, 0.15) is 47.6 Å². The van der Waals surface area contributed by atoms with Crippen LogP contribution < -0.4 is 9.70 Å². The molecule has 0 N–H and O–H groups in total. The van der Waals surface area contributed by atoms with Gasteiger partial charge < -0.3 is 9.47 Å². The first-order chi connectivity index (χ1) is 15.8.